The van der Waals surface area contributed by atoms with Gasteiger partial charge in [-0.1, -0.05) is 0 Å². The molecule has 3 rings (SSSR count). The number of hydrogen-bond donors (Lipinski definition) is 0. The fourth-order valence-corrected chi connectivity index (χ4v) is 4.76. The van der Waals surface area contributed by atoms with Gasteiger partial charge in [-0.2, -0.15) is 14.5 Å². The molecule has 142 valence electrons. The lowest BCUT2D eigenvalue weighted by Gasteiger charge is -2.33. The highest BCUT2D eigenvalue weighted by atomic mass is 32.2. The number of amides is 1. The van der Waals surface area contributed by atoms with E-state index in [1.165, 1.54) is 4.31 Å². The molecule has 0 N–H and O–H groups in total. The summed E-state index contributed by atoms with van der Waals surface area (Å²) in [5, 5.41) is 8.42. The molecule has 0 spiro atoms. The lowest BCUT2D eigenvalue weighted by molar-refractivity contribution is 0.0697. The van der Waals surface area contributed by atoms with Crippen LogP contribution in [0.2, 0.25) is 0 Å². The Balaban J connectivity index is 1.72. The monoisotopic (exact) mass is 380 g/mol. The summed E-state index contributed by atoms with van der Waals surface area (Å²) in [5.41, 5.74) is 1.73. The molecule has 1 saturated heterocycles. The van der Waals surface area contributed by atoms with Gasteiger partial charge in [0.1, 0.15) is 4.90 Å². The van der Waals surface area contributed by atoms with Crippen LogP contribution in [0.15, 0.2) is 17.3 Å². The average Bonchev–Trinajstić information content (AvgIpc) is 3.16. The number of carbonyl (C=O) groups is 1. The van der Waals surface area contributed by atoms with E-state index in [9.17, 15) is 13.2 Å². The third-order valence-electron chi connectivity index (χ3n) is 4.61. The number of piperazine rings is 1. The maximum absolute atomic E-state index is 12.9. The highest BCUT2D eigenvalue weighted by Gasteiger charge is 2.33. The first-order valence-corrected chi connectivity index (χ1v) is 10.0. The van der Waals surface area contributed by atoms with Crippen LogP contribution in [0.5, 0.6) is 0 Å². The minimum atomic E-state index is -3.60. The summed E-state index contributed by atoms with van der Waals surface area (Å²) in [6.07, 6.45) is 3.27. The van der Waals surface area contributed by atoms with E-state index in [-0.39, 0.29) is 23.9 Å². The van der Waals surface area contributed by atoms with Gasteiger partial charge in [0.05, 0.1) is 17.0 Å². The van der Waals surface area contributed by atoms with Crippen molar-refractivity contribution in [3.63, 3.8) is 0 Å². The van der Waals surface area contributed by atoms with Crippen molar-refractivity contribution >= 4 is 15.9 Å². The van der Waals surface area contributed by atoms with Crippen molar-refractivity contribution in [3.05, 3.63) is 29.3 Å². The Bertz CT molecular complexity index is 922. The zero-order valence-electron chi connectivity index (χ0n) is 15.5. The number of aryl methyl sites for hydroxylation is 4. The number of nitrogens with zero attached hydrogens (tertiary/aromatic N) is 6. The molecule has 1 aliphatic rings. The summed E-state index contributed by atoms with van der Waals surface area (Å²) < 4.78 is 30.4. The minimum absolute atomic E-state index is 0.109. The lowest BCUT2D eigenvalue weighted by atomic mass is 10.2. The van der Waals surface area contributed by atoms with E-state index in [1.807, 2.05) is 6.92 Å². The molecule has 9 nitrogen and oxygen atoms in total. The smallest absolute Gasteiger partial charge is 0.257 e. The Labute approximate surface area is 153 Å². The molecule has 1 amide bonds. The maximum Gasteiger partial charge on any atom is 0.257 e. The molecule has 1 aliphatic heterocycles. The zero-order valence-corrected chi connectivity index (χ0v) is 16.3. The number of rotatable bonds is 4. The molecule has 1 fully saturated rings. The SMILES string of the molecule is CCn1cc(S(=O)(=O)N2CCN(C(=O)c3cn(C)nc3C)CC2)c(C)n1. The van der Waals surface area contributed by atoms with Crippen LogP contribution in [0.4, 0.5) is 0 Å². The van der Waals surface area contributed by atoms with Crippen LogP contribution >= 0.6 is 0 Å². The first kappa shape index (κ1) is 18.6. The summed E-state index contributed by atoms with van der Waals surface area (Å²) in [4.78, 5) is 14.6. The molecule has 0 aromatic carbocycles. The second-order valence-electron chi connectivity index (χ2n) is 6.43. The molecular weight excluding hydrogens is 356 g/mol. The molecule has 0 atom stereocenters. The normalized spacial score (nSPS) is 16.2. The number of sulfonamides is 1. The highest BCUT2D eigenvalue weighted by molar-refractivity contribution is 7.89. The Kier molecular flexibility index (Phi) is 4.89. The van der Waals surface area contributed by atoms with Crippen molar-refractivity contribution in [2.75, 3.05) is 26.2 Å². The van der Waals surface area contributed by atoms with Crippen molar-refractivity contribution < 1.29 is 13.2 Å². The van der Waals surface area contributed by atoms with Gasteiger partial charge in [-0.25, -0.2) is 8.42 Å². The van der Waals surface area contributed by atoms with Gasteiger partial charge in [-0.3, -0.25) is 14.2 Å². The second kappa shape index (κ2) is 6.84. The molecule has 0 unspecified atom stereocenters. The van der Waals surface area contributed by atoms with Crippen LogP contribution in [0.1, 0.15) is 28.7 Å². The second-order valence-corrected chi connectivity index (χ2v) is 8.34. The molecule has 0 saturated carbocycles. The lowest BCUT2D eigenvalue weighted by Crippen LogP contribution is -2.50. The molecule has 2 aromatic rings. The summed E-state index contributed by atoms with van der Waals surface area (Å²) in [5.74, 6) is -0.109. The first-order chi connectivity index (χ1) is 12.2. The highest BCUT2D eigenvalue weighted by Crippen LogP contribution is 2.21. The van der Waals surface area contributed by atoms with Gasteiger partial charge < -0.3 is 4.90 Å². The number of aromatic nitrogens is 4. The quantitative estimate of drug-likeness (QED) is 0.765. The van der Waals surface area contributed by atoms with E-state index in [2.05, 4.69) is 10.2 Å². The molecule has 2 aromatic heterocycles. The fourth-order valence-electron chi connectivity index (χ4n) is 3.17. The summed E-state index contributed by atoms with van der Waals surface area (Å²) in [6, 6.07) is 0. The van der Waals surface area contributed by atoms with Crippen LogP contribution in [0.25, 0.3) is 0 Å². The molecular formula is C16H24N6O3S. The van der Waals surface area contributed by atoms with Gasteiger partial charge in [-0.05, 0) is 20.8 Å². The topological polar surface area (TPSA) is 93.3 Å². The van der Waals surface area contributed by atoms with Crippen LogP contribution in [0, 0.1) is 13.8 Å². The Morgan fingerprint density at radius 3 is 2.23 bits per heavy atom. The molecule has 26 heavy (non-hydrogen) atoms. The third kappa shape index (κ3) is 3.26. The molecule has 0 radical (unpaired) electrons. The van der Waals surface area contributed by atoms with Crippen molar-refractivity contribution in [1.29, 1.82) is 0 Å². The van der Waals surface area contributed by atoms with Crippen molar-refractivity contribution in [3.8, 4) is 0 Å². The molecule has 10 heteroatoms. The van der Waals surface area contributed by atoms with Gasteiger partial charge in [0.2, 0.25) is 10.0 Å². The summed E-state index contributed by atoms with van der Waals surface area (Å²) in [6.45, 7) is 7.26. The van der Waals surface area contributed by atoms with Gasteiger partial charge >= 0.3 is 0 Å². The van der Waals surface area contributed by atoms with Crippen molar-refractivity contribution in [2.24, 2.45) is 7.05 Å². The molecule has 0 bridgehead atoms. The minimum Gasteiger partial charge on any atom is -0.336 e. The Hall–Kier alpha value is -2.20. The predicted octanol–water partition coefficient (Wildman–Crippen LogP) is 0.400. The maximum atomic E-state index is 12.9. The summed E-state index contributed by atoms with van der Waals surface area (Å²) >= 11 is 0. The zero-order chi connectivity index (χ0) is 19.1. The van der Waals surface area contributed by atoms with Crippen LogP contribution in [-0.2, 0) is 23.6 Å². The van der Waals surface area contributed by atoms with Crippen molar-refractivity contribution in [2.45, 2.75) is 32.2 Å². The van der Waals surface area contributed by atoms with Crippen LogP contribution in [0.3, 0.4) is 0 Å². The van der Waals surface area contributed by atoms with E-state index >= 15 is 0 Å². The third-order valence-corrected chi connectivity index (χ3v) is 6.61. The van der Waals surface area contributed by atoms with Crippen LogP contribution < -0.4 is 0 Å². The Morgan fingerprint density at radius 1 is 1.08 bits per heavy atom. The average molecular weight is 380 g/mol. The predicted molar refractivity (Wildman–Crippen MR) is 95.2 cm³/mol. The fraction of sp³-hybridized carbons (Fsp3) is 0.562. The molecule has 3 heterocycles. The number of carbonyl (C=O) groups excluding carboxylic acids is 1. The van der Waals surface area contributed by atoms with Crippen LogP contribution in [-0.4, -0.2) is 69.3 Å². The molecule has 0 aliphatic carbocycles. The van der Waals surface area contributed by atoms with Gasteiger partial charge in [0.15, 0.2) is 0 Å². The van der Waals surface area contributed by atoms with E-state index < -0.39 is 10.0 Å². The van der Waals surface area contributed by atoms with E-state index in [1.54, 1.807) is 47.6 Å². The van der Waals surface area contributed by atoms with Gasteiger partial charge in [-0.15, -0.1) is 0 Å². The standard InChI is InChI=1S/C16H24N6O3S/c1-5-21-11-15(13(3)18-21)26(24,25)22-8-6-20(7-9-22)16(23)14-10-19(4)17-12(14)2/h10-11H,5-9H2,1-4H3. The van der Waals surface area contributed by atoms with E-state index in [0.29, 0.717) is 36.6 Å². The van der Waals surface area contributed by atoms with E-state index in [4.69, 9.17) is 0 Å². The van der Waals surface area contributed by atoms with Gasteiger partial charge in [0.25, 0.3) is 5.91 Å². The summed E-state index contributed by atoms with van der Waals surface area (Å²) in [7, 11) is -1.83. The Morgan fingerprint density at radius 2 is 1.73 bits per heavy atom. The van der Waals surface area contributed by atoms with E-state index in [0.717, 1.165) is 0 Å². The van der Waals surface area contributed by atoms with Gasteiger partial charge in [0, 0.05) is 52.2 Å². The first-order valence-electron chi connectivity index (χ1n) is 8.57. The largest absolute Gasteiger partial charge is 0.336 e. The van der Waals surface area contributed by atoms with Crippen molar-refractivity contribution in [1.82, 2.24) is 28.8 Å². The number of hydrogen-bond acceptors (Lipinski definition) is 5.